The van der Waals surface area contributed by atoms with Crippen molar-refractivity contribution in [2.45, 2.75) is 38.5 Å². The fraction of sp³-hybridized carbons (Fsp3) is 0.412. The minimum Gasteiger partial charge on any atom is -0.224 e. The first-order chi connectivity index (χ1) is 9.73. The third-order valence-electron chi connectivity index (χ3n) is 3.35. The highest BCUT2D eigenvalue weighted by Crippen LogP contribution is 2.27. The summed E-state index contributed by atoms with van der Waals surface area (Å²) in [6, 6.07) is 9.02. The third-order valence-corrected chi connectivity index (χ3v) is 5.03. The topological polar surface area (TPSA) is 37.4 Å². The molecular weight excluding hydrogens is 282 g/mol. The van der Waals surface area contributed by atoms with E-state index in [0.717, 1.165) is 22.7 Å². The summed E-state index contributed by atoms with van der Waals surface area (Å²) in [5, 5.41) is 0. The van der Waals surface area contributed by atoms with Crippen molar-refractivity contribution in [1.82, 2.24) is 4.31 Å². The average molecular weight is 305 g/mol. The highest BCUT2D eigenvalue weighted by molar-refractivity contribution is 7.89. The van der Waals surface area contributed by atoms with Gasteiger partial charge in [-0.15, -0.1) is 6.58 Å². The van der Waals surface area contributed by atoms with Crippen LogP contribution < -0.4 is 0 Å². The summed E-state index contributed by atoms with van der Waals surface area (Å²) in [5.41, 5.74) is 0.797. The standard InChI is InChI=1S/C17H23NO2S/c1-6-8-13-17(4,5)14-18(7-2)21(19,20)16-11-9-15(3)10-12-16/h2,6,9-12H,1,8,13-14H2,3-5H3. The number of allylic oxidation sites excluding steroid dienone is 1. The number of benzene rings is 1. The maximum Gasteiger partial charge on any atom is 0.270 e. The minimum absolute atomic E-state index is 0.210. The number of hydrogen-bond acceptors (Lipinski definition) is 2. The second-order valence-corrected chi connectivity index (χ2v) is 7.81. The SMILES string of the molecule is C#CN(CC(C)(C)CCC=C)S(=O)(=O)c1ccc(C)cc1. The van der Waals surface area contributed by atoms with Gasteiger partial charge in [0.25, 0.3) is 10.0 Å². The number of nitrogens with zero attached hydrogens (tertiary/aromatic N) is 1. The molecule has 1 aromatic rings. The van der Waals surface area contributed by atoms with Gasteiger partial charge in [-0.25, -0.2) is 12.7 Å². The van der Waals surface area contributed by atoms with E-state index in [2.05, 4.69) is 12.6 Å². The average Bonchev–Trinajstić information content (AvgIpc) is 2.43. The van der Waals surface area contributed by atoms with E-state index in [0.29, 0.717) is 0 Å². The Bertz CT molecular complexity index is 622. The molecule has 3 nitrogen and oxygen atoms in total. The Morgan fingerprint density at radius 3 is 2.38 bits per heavy atom. The van der Waals surface area contributed by atoms with E-state index in [1.165, 1.54) is 0 Å². The van der Waals surface area contributed by atoms with Crippen molar-refractivity contribution in [1.29, 1.82) is 0 Å². The molecule has 0 aliphatic heterocycles. The maximum absolute atomic E-state index is 12.6. The Morgan fingerprint density at radius 2 is 1.90 bits per heavy atom. The van der Waals surface area contributed by atoms with Crippen LogP contribution in [0, 0.1) is 24.8 Å². The van der Waals surface area contributed by atoms with E-state index in [1.807, 2.05) is 26.8 Å². The number of rotatable bonds is 7. The fourth-order valence-electron chi connectivity index (χ4n) is 2.00. The molecule has 0 aromatic heterocycles. The first-order valence-electron chi connectivity index (χ1n) is 6.89. The minimum atomic E-state index is -3.65. The molecule has 0 saturated carbocycles. The molecule has 114 valence electrons. The van der Waals surface area contributed by atoms with Crippen LogP contribution in [0.3, 0.4) is 0 Å². The Morgan fingerprint density at radius 1 is 1.33 bits per heavy atom. The van der Waals surface area contributed by atoms with Gasteiger partial charge in [-0.3, -0.25) is 0 Å². The lowest BCUT2D eigenvalue weighted by Gasteiger charge is -2.29. The second-order valence-electron chi connectivity index (χ2n) is 5.95. The van der Waals surface area contributed by atoms with Gasteiger partial charge in [0.05, 0.1) is 4.90 Å². The van der Waals surface area contributed by atoms with Gasteiger partial charge in [0, 0.05) is 12.6 Å². The van der Waals surface area contributed by atoms with E-state index >= 15 is 0 Å². The Hall–Kier alpha value is -1.73. The molecule has 0 atom stereocenters. The van der Waals surface area contributed by atoms with Gasteiger partial charge < -0.3 is 0 Å². The molecule has 0 radical (unpaired) electrons. The molecule has 0 heterocycles. The first kappa shape index (κ1) is 17.3. The van der Waals surface area contributed by atoms with Crippen LogP contribution in [-0.4, -0.2) is 19.3 Å². The lowest BCUT2D eigenvalue weighted by atomic mass is 9.88. The van der Waals surface area contributed by atoms with Crippen LogP contribution in [0.25, 0.3) is 0 Å². The molecule has 4 heteroatoms. The van der Waals surface area contributed by atoms with Crippen LogP contribution in [0.15, 0.2) is 41.8 Å². The van der Waals surface area contributed by atoms with Crippen molar-refractivity contribution in [2.75, 3.05) is 6.54 Å². The van der Waals surface area contributed by atoms with E-state index in [-0.39, 0.29) is 16.9 Å². The molecule has 0 N–H and O–H groups in total. The fourth-order valence-corrected chi connectivity index (χ4v) is 3.39. The number of aryl methyl sites for hydroxylation is 1. The zero-order valence-electron chi connectivity index (χ0n) is 13.0. The molecule has 0 aliphatic carbocycles. The van der Waals surface area contributed by atoms with Crippen LogP contribution in [0.4, 0.5) is 0 Å². The lowest BCUT2D eigenvalue weighted by molar-refractivity contribution is 0.284. The molecular formula is C17H23NO2S. The Balaban J connectivity index is 3.01. The van der Waals surface area contributed by atoms with Crippen LogP contribution in [0.5, 0.6) is 0 Å². The molecule has 21 heavy (non-hydrogen) atoms. The third kappa shape index (κ3) is 4.64. The van der Waals surface area contributed by atoms with E-state index in [4.69, 9.17) is 6.42 Å². The summed E-state index contributed by atoms with van der Waals surface area (Å²) in [6.45, 7) is 9.90. The largest absolute Gasteiger partial charge is 0.270 e. The van der Waals surface area contributed by atoms with Gasteiger partial charge in [0.1, 0.15) is 0 Å². The Kier molecular flexibility index (Phi) is 5.62. The second kappa shape index (κ2) is 6.82. The summed E-state index contributed by atoms with van der Waals surface area (Å²) in [4.78, 5) is 0.227. The first-order valence-corrected chi connectivity index (χ1v) is 8.33. The number of terminal acetylenes is 1. The summed E-state index contributed by atoms with van der Waals surface area (Å²) in [6.07, 6.45) is 8.93. The van der Waals surface area contributed by atoms with Crippen LogP contribution in [-0.2, 0) is 10.0 Å². The van der Waals surface area contributed by atoms with Crippen LogP contribution >= 0.6 is 0 Å². The molecule has 0 aliphatic rings. The van der Waals surface area contributed by atoms with Crippen LogP contribution in [0.1, 0.15) is 32.3 Å². The predicted molar refractivity (Wildman–Crippen MR) is 87.1 cm³/mol. The number of sulfonamides is 1. The van der Waals surface area contributed by atoms with E-state index in [9.17, 15) is 8.42 Å². The van der Waals surface area contributed by atoms with Crippen molar-refractivity contribution in [3.8, 4) is 12.5 Å². The molecule has 0 amide bonds. The quantitative estimate of drug-likeness (QED) is 0.439. The molecule has 0 bridgehead atoms. The predicted octanol–water partition coefficient (Wildman–Crippen LogP) is 3.57. The van der Waals surface area contributed by atoms with Gasteiger partial charge >= 0.3 is 0 Å². The van der Waals surface area contributed by atoms with E-state index in [1.54, 1.807) is 24.3 Å². The lowest BCUT2D eigenvalue weighted by Crippen LogP contribution is -2.35. The van der Waals surface area contributed by atoms with Crippen molar-refractivity contribution < 1.29 is 8.42 Å². The zero-order chi connectivity index (χ0) is 16.1. The number of hydrogen-bond donors (Lipinski definition) is 0. The molecule has 1 aromatic carbocycles. The Labute approximate surface area is 128 Å². The van der Waals surface area contributed by atoms with Gasteiger partial charge in [0.2, 0.25) is 0 Å². The van der Waals surface area contributed by atoms with Gasteiger partial charge in [-0.05, 0) is 37.3 Å². The highest BCUT2D eigenvalue weighted by Gasteiger charge is 2.28. The van der Waals surface area contributed by atoms with Crippen LogP contribution in [0.2, 0.25) is 0 Å². The zero-order valence-corrected chi connectivity index (χ0v) is 13.8. The normalized spacial score (nSPS) is 11.7. The summed E-state index contributed by atoms with van der Waals surface area (Å²) < 4.78 is 26.3. The van der Waals surface area contributed by atoms with E-state index < -0.39 is 10.0 Å². The van der Waals surface area contributed by atoms with Crippen molar-refractivity contribution >= 4 is 10.0 Å². The van der Waals surface area contributed by atoms with Crippen molar-refractivity contribution in [3.63, 3.8) is 0 Å². The smallest absolute Gasteiger partial charge is 0.224 e. The molecule has 0 fully saturated rings. The maximum atomic E-state index is 12.6. The van der Waals surface area contributed by atoms with Gasteiger partial charge in [-0.2, -0.15) is 0 Å². The van der Waals surface area contributed by atoms with Crippen molar-refractivity contribution in [2.24, 2.45) is 5.41 Å². The molecule has 1 rings (SSSR count). The molecule has 0 saturated heterocycles. The monoisotopic (exact) mass is 305 g/mol. The van der Waals surface area contributed by atoms with Gasteiger partial charge in [-0.1, -0.05) is 44.0 Å². The van der Waals surface area contributed by atoms with Gasteiger partial charge in [0.15, 0.2) is 0 Å². The summed E-state index contributed by atoms with van der Waals surface area (Å²) in [5.74, 6) is 0. The highest BCUT2D eigenvalue weighted by atomic mass is 32.2. The summed E-state index contributed by atoms with van der Waals surface area (Å²) >= 11 is 0. The summed E-state index contributed by atoms with van der Waals surface area (Å²) in [7, 11) is -3.65. The van der Waals surface area contributed by atoms with Crippen molar-refractivity contribution in [3.05, 3.63) is 42.5 Å². The molecule has 0 unspecified atom stereocenters. The molecule has 0 spiro atoms.